The van der Waals surface area contributed by atoms with Crippen LogP contribution in [0.3, 0.4) is 0 Å². The fourth-order valence-electron chi connectivity index (χ4n) is 4.05. The van der Waals surface area contributed by atoms with E-state index in [9.17, 15) is 0 Å². The second kappa shape index (κ2) is 7.39. The van der Waals surface area contributed by atoms with E-state index in [1.54, 1.807) is 7.11 Å². The lowest BCUT2D eigenvalue weighted by Crippen LogP contribution is -1.83. The molecule has 5 heteroatoms. The molecule has 0 amide bonds. The zero-order valence-corrected chi connectivity index (χ0v) is 17.5. The summed E-state index contributed by atoms with van der Waals surface area (Å²) in [5.74, 6) is 0.824. The number of benzene rings is 1. The van der Waals surface area contributed by atoms with E-state index in [2.05, 4.69) is 46.4 Å². The molecule has 1 aromatic carbocycles. The number of H-pyrrole nitrogens is 2. The van der Waals surface area contributed by atoms with Gasteiger partial charge in [0, 0.05) is 27.6 Å². The SMILES string of the molecule is COc1cccc(-c2cc3cc4nc(cc5ccc(cc6nc(cc2[nH]3)C=C6)[nH]5)C=C4)c1. The van der Waals surface area contributed by atoms with Gasteiger partial charge in [-0.2, -0.15) is 0 Å². The summed E-state index contributed by atoms with van der Waals surface area (Å²) < 4.78 is 5.44. The normalized spacial score (nSPS) is 12.3. The minimum Gasteiger partial charge on any atom is -0.497 e. The maximum atomic E-state index is 5.44. The molecule has 0 saturated heterocycles. The number of nitrogens with zero attached hydrogens (tertiary/aromatic N) is 2. The Hall–Kier alpha value is -4.38. The van der Waals surface area contributed by atoms with Crippen molar-refractivity contribution in [2.75, 3.05) is 7.11 Å². The summed E-state index contributed by atoms with van der Waals surface area (Å²) in [5.41, 5.74) is 9.76. The molecule has 4 aromatic rings. The van der Waals surface area contributed by atoms with Crippen LogP contribution in [0, 0.1) is 0 Å². The van der Waals surface area contributed by atoms with E-state index < -0.39 is 0 Å². The quantitative estimate of drug-likeness (QED) is 0.346. The van der Waals surface area contributed by atoms with Gasteiger partial charge in [-0.3, -0.25) is 0 Å². The highest BCUT2D eigenvalue weighted by Gasteiger charge is 2.08. The molecule has 2 aliphatic heterocycles. The molecule has 0 atom stereocenters. The van der Waals surface area contributed by atoms with Crippen LogP contribution >= 0.6 is 0 Å². The van der Waals surface area contributed by atoms with Gasteiger partial charge in [0.05, 0.1) is 29.9 Å². The number of rotatable bonds is 2. The predicted molar refractivity (Wildman–Crippen MR) is 131 cm³/mol. The second-order valence-corrected chi connectivity index (χ2v) is 7.82. The molecular weight excluding hydrogens is 396 g/mol. The monoisotopic (exact) mass is 416 g/mol. The van der Waals surface area contributed by atoms with Crippen molar-refractivity contribution >= 4 is 46.4 Å². The molecule has 0 fully saturated rings. The molecule has 0 spiro atoms. The molecule has 0 aliphatic carbocycles. The van der Waals surface area contributed by atoms with E-state index in [0.717, 1.165) is 61.7 Å². The summed E-state index contributed by atoms with van der Waals surface area (Å²) in [6, 6.07) is 22.5. The lowest BCUT2D eigenvalue weighted by Gasteiger charge is -2.03. The molecule has 6 rings (SSSR count). The number of aromatic nitrogens is 4. The molecule has 8 bridgehead atoms. The van der Waals surface area contributed by atoms with Gasteiger partial charge >= 0.3 is 0 Å². The van der Waals surface area contributed by atoms with Crippen LogP contribution in [0.2, 0.25) is 0 Å². The Kier molecular flexibility index (Phi) is 4.25. The standard InChI is InChI=1S/C27H20N4O/c1-32-25-4-2-3-17(11-25)26-15-24-14-22-8-7-20(29-22)12-18-5-6-19(28-18)13-21-9-10-23(30-21)16-27(26)31-24/h2-16,28,31H,1H3. The zero-order chi connectivity index (χ0) is 21.5. The van der Waals surface area contributed by atoms with Crippen molar-refractivity contribution in [2.45, 2.75) is 0 Å². The fraction of sp³-hybridized carbons (Fsp3) is 0.0370. The third kappa shape index (κ3) is 3.50. The number of fused-ring (bicyclic) bond motifs is 8. The first-order chi connectivity index (χ1) is 15.7. The van der Waals surface area contributed by atoms with E-state index in [4.69, 9.17) is 14.7 Å². The first kappa shape index (κ1) is 18.4. The Labute approximate surface area is 184 Å². The summed E-state index contributed by atoms with van der Waals surface area (Å²) >= 11 is 0. The predicted octanol–water partition coefficient (Wildman–Crippen LogP) is 6.33. The van der Waals surface area contributed by atoms with Crippen LogP contribution in [0.5, 0.6) is 5.75 Å². The fourth-order valence-corrected chi connectivity index (χ4v) is 4.05. The summed E-state index contributed by atoms with van der Waals surface area (Å²) in [7, 11) is 1.68. The van der Waals surface area contributed by atoms with Crippen LogP contribution in [0.4, 0.5) is 0 Å². The van der Waals surface area contributed by atoms with Gasteiger partial charge in [0.25, 0.3) is 0 Å². The van der Waals surface area contributed by atoms with Crippen LogP contribution in [-0.2, 0) is 0 Å². The molecule has 32 heavy (non-hydrogen) atoms. The summed E-state index contributed by atoms with van der Waals surface area (Å²) in [6.07, 6.45) is 8.11. The first-order valence-electron chi connectivity index (χ1n) is 10.4. The van der Waals surface area contributed by atoms with Crippen molar-refractivity contribution in [1.29, 1.82) is 0 Å². The third-order valence-electron chi connectivity index (χ3n) is 5.55. The van der Waals surface area contributed by atoms with E-state index in [1.807, 2.05) is 54.6 Å². The number of nitrogens with one attached hydrogen (secondary N) is 2. The van der Waals surface area contributed by atoms with Crippen molar-refractivity contribution in [2.24, 2.45) is 0 Å². The smallest absolute Gasteiger partial charge is 0.119 e. The third-order valence-corrected chi connectivity index (χ3v) is 5.55. The van der Waals surface area contributed by atoms with E-state index in [-0.39, 0.29) is 0 Å². The van der Waals surface area contributed by atoms with Gasteiger partial charge in [-0.1, -0.05) is 12.1 Å². The topological polar surface area (TPSA) is 66.6 Å². The molecule has 2 aliphatic rings. The van der Waals surface area contributed by atoms with Crippen LogP contribution in [0.25, 0.3) is 57.5 Å². The molecular formula is C27H20N4O. The van der Waals surface area contributed by atoms with Gasteiger partial charge < -0.3 is 14.7 Å². The minimum absolute atomic E-state index is 0.824. The lowest BCUT2D eigenvalue weighted by atomic mass is 10.1. The zero-order valence-electron chi connectivity index (χ0n) is 17.5. The number of methoxy groups -OCH3 is 1. The molecule has 2 N–H and O–H groups in total. The van der Waals surface area contributed by atoms with Crippen LogP contribution in [0.1, 0.15) is 22.8 Å². The van der Waals surface area contributed by atoms with E-state index in [1.165, 1.54) is 0 Å². The largest absolute Gasteiger partial charge is 0.497 e. The second-order valence-electron chi connectivity index (χ2n) is 7.82. The Morgan fingerprint density at radius 1 is 0.625 bits per heavy atom. The molecule has 5 heterocycles. The van der Waals surface area contributed by atoms with Gasteiger partial charge in [-0.05, 0) is 84.5 Å². The Morgan fingerprint density at radius 3 is 1.91 bits per heavy atom. The average molecular weight is 416 g/mol. The van der Waals surface area contributed by atoms with Crippen molar-refractivity contribution in [3.05, 3.63) is 89.5 Å². The molecule has 5 nitrogen and oxygen atoms in total. The van der Waals surface area contributed by atoms with Crippen LogP contribution in [-0.4, -0.2) is 27.0 Å². The summed E-state index contributed by atoms with van der Waals surface area (Å²) in [5, 5.41) is 0. The lowest BCUT2D eigenvalue weighted by molar-refractivity contribution is 0.415. The molecule has 0 saturated carbocycles. The number of hydrogen-bond donors (Lipinski definition) is 2. The van der Waals surface area contributed by atoms with Crippen molar-refractivity contribution in [3.63, 3.8) is 0 Å². The Balaban J connectivity index is 1.66. The summed E-state index contributed by atoms with van der Waals surface area (Å²) in [6.45, 7) is 0. The van der Waals surface area contributed by atoms with E-state index in [0.29, 0.717) is 0 Å². The Morgan fingerprint density at radius 2 is 1.25 bits per heavy atom. The van der Waals surface area contributed by atoms with Crippen molar-refractivity contribution in [3.8, 4) is 16.9 Å². The van der Waals surface area contributed by atoms with E-state index >= 15 is 0 Å². The Bertz CT molecular complexity index is 1570. The summed E-state index contributed by atoms with van der Waals surface area (Å²) in [4.78, 5) is 16.5. The maximum Gasteiger partial charge on any atom is 0.119 e. The van der Waals surface area contributed by atoms with Gasteiger partial charge in [0.15, 0.2) is 0 Å². The van der Waals surface area contributed by atoms with Crippen LogP contribution < -0.4 is 4.74 Å². The number of aromatic amines is 2. The number of ether oxygens (including phenoxy) is 1. The van der Waals surface area contributed by atoms with Gasteiger partial charge in [0.1, 0.15) is 5.75 Å². The highest BCUT2D eigenvalue weighted by molar-refractivity contribution is 5.88. The van der Waals surface area contributed by atoms with Crippen LogP contribution in [0.15, 0.2) is 66.7 Å². The molecule has 3 aromatic heterocycles. The molecule has 0 unspecified atom stereocenters. The maximum absolute atomic E-state index is 5.44. The van der Waals surface area contributed by atoms with Crippen molar-refractivity contribution in [1.82, 2.24) is 19.9 Å². The highest BCUT2D eigenvalue weighted by Crippen LogP contribution is 2.30. The minimum atomic E-state index is 0.824. The molecule has 154 valence electrons. The van der Waals surface area contributed by atoms with Gasteiger partial charge in [-0.25, -0.2) is 9.97 Å². The van der Waals surface area contributed by atoms with Gasteiger partial charge in [-0.15, -0.1) is 0 Å². The molecule has 0 radical (unpaired) electrons. The number of hydrogen-bond acceptors (Lipinski definition) is 3. The van der Waals surface area contributed by atoms with Gasteiger partial charge in [0.2, 0.25) is 0 Å². The average Bonchev–Trinajstić information content (AvgIpc) is 3.59. The highest BCUT2D eigenvalue weighted by atomic mass is 16.5. The van der Waals surface area contributed by atoms with Crippen molar-refractivity contribution < 1.29 is 4.74 Å². The first-order valence-corrected chi connectivity index (χ1v) is 10.4.